The lowest BCUT2D eigenvalue weighted by Crippen LogP contribution is -2.63. The Morgan fingerprint density at radius 2 is 1.82 bits per heavy atom. The third-order valence-corrected chi connectivity index (χ3v) is 5.68. The normalized spacial score (nSPS) is 40.4. The maximum atomic E-state index is 8.86. The van der Waals surface area contributed by atoms with Gasteiger partial charge in [-0.3, -0.25) is 4.90 Å². The standard InChI is InChI=1S/C15H24N2/c1-14(9-10-16)7-3-13(4-8-14)17-11-15(12-17)5-2-6-15/h13H,2-9,11-12H2,1H3/t13-,14-. The highest BCUT2D eigenvalue weighted by Crippen LogP contribution is 2.51. The zero-order chi connectivity index (χ0) is 11.9. The van der Waals surface area contributed by atoms with Gasteiger partial charge in [0.25, 0.3) is 0 Å². The largest absolute Gasteiger partial charge is 0.299 e. The third kappa shape index (κ3) is 1.99. The van der Waals surface area contributed by atoms with Gasteiger partial charge in [-0.15, -0.1) is 0 Å². The summed E-state index contributed by atoms with van der Waals surface area (Å²) in [6.45, 7) is 5.06. The van der Waals surface area contributed by atoms with Crippen LogP contribution in [0.15, 0.2) is 0 Å². The average molecular weight is 232 g/mol. The van der Waals surface area contributed by atoms with Gasteiger partial charge in [-0.25, -0.2) is 0 Å². The molecule has 3 rings (SSSR count). The molecule has 2 saturated carbocycles. The smallest absolute Gasteiger partial charge is 0.0627 e. The maximum Gasteiger partial charge on any atom is 0.0627 e. The van der Waals surface area contributed by atoms with E-state index in [1.807, 2.05) is 0 Å². The molecule has 0 atom stereocenters. The van der Waals surface area contributed by atoms with Crippen LogP contribution in [-0.4, -0.2) is 24.0 Å². The van der Waals surface area contributed by atoms with E-state index in [4.69, 9.17) is 5.26 Å². The second-order valence-corrected chi connectivity index (χ2v) is 7.14. The van der Waals surface area contributed by atoms with Gasteiger partial charge in [-0.1, -0.05) is 13.3 Å². The van der Waals surface area contributed by atoms with E-state index in [-0.39, 0.29) is 0 Å². The van der Waals surface area contributed by atoms with Crippen molar-refractivity contribution >= 4 is 0 Å². The van der Waals surface area contributed by atoms with E-state index in [0.29, 0.717) is 5.41 Å². The molecular weight excluding hydrogens is 208 g/mol. The molecule has 0 amide bonds. The van der Waals surface area contributed by atoms with Crippen molar-refractivity contribution in [3.8, 4) is 6.07 Å². The van der Waals surface area contributed by atoms with Crippen LogP contribution in [0.3, 0.4) is 0 Å². The molecule has 0 unspecified atom stereocenters. The fourth-order valence-corrected chi connectivity index (χ4v) is 4.10. The van der Waals surface area contributed by atoms with Gasteiger partial charge in [0, 0.05) is 25.6 Å². The maximum absolute atomic E-state index is 8.86. The number of nitriles is 1. The number of nitrogens with zero attached hydrogens (tertiary/aromatic N) is 2. The Balaban J connectivity index is 1.48. The highest BCUT2D eigenvalue weighted by atomic mass is 15.2. The lowest BCUT2D eigenvalue weighted by Gasteiger charge is -2.59. The summed E-state index contributed by atoms with van der Waals surface area (Å²) < 4.78 is 0. The van der Waals surface area contributed by atoms with Gasteiger partial charge >= 0.3 is 0 Å². The molecule has 0 aromatic heterocycles. The van der Waals surface area contributed by atoms with E-state index in [0.717, 1.165) is 17.9 Å². The van der Waals surface area contributed by atoms with Crippen LogP contribution in [0.25, 0.3) is 0 Å². The van der Waals surface area contributed by atoms with Crippen LogP contribution in [-0.2, 0) is 0 Å². The molecule has 2 heteroatoms. The van der Waals surface area contributed by atoms with Crippen LogP contribution in [0.1, 0.15) is 58.3 Å². The lowest BCUT2D eigenvalue weighted by molar-refractivity contribution is -0.0949. The van der Waals surface area contributed by atoms with E-state index in [2.05, 4.69) is 17.9 Å². The molecule has 0 N–H and O–H groups in total. The summed E-state index contributed by atoms with van der Waals surface area (Å²) in [7, 11) is 0. The summed E-state index contributed by atoms with van der Waals surface area (Å²) in [5, 5.41) is 8.86. The van der Waals surface area contributed by atoms with E-state index in [9.17, 15) is 0 Å². The summed E-state index contributed by atoms with van der Waals surface area (Å²) in [5.41, 5.74) is 1.09. The molecule has 3 aliphatic rings. The monoisotopic (exact) mass is 232 g/mol. The molecule has 1 saturated heterocycles. The van der Waals surface area contributed by atoms with Gasteiger partial charge in [0.2, 0.25) is 0 Å². The fraction of sp³-hybridized carbons (Fsp3) is 0.933. The molecule has 0 aromatic carbocycles. The molecular formula is C15H24N2. The zero-order valence-corrected chi connectivity index (χ0v) is 11.0. The van der Waals surface area contributed by atoms with Crippen molar-refractivity contribution in [3.63, 3.8) is 0 Å². The first-order valence-corrected chi connectivity index (χ1v) is 7.26. The van der Waals surface area contributed by atoms with Crippen LogP contribution in [0.2, 0.25) is 0 Å². The number of hydrogen-bond donors (Lipinski definition) is 0. The summed E-state index contributed by atoms with van der Waals surface area (Å²) in [6.07, 6.45) is 10.4. The van der Waals surface area contributed by atoms with Crippen molar-refractivity contribution in [2.45, 2.75) is 64.3 Å². The molecule has 0 radical (unpaired) electrons. The quantitative estimate of drug-likeness (QED) is 0.730. The molecule has 1 heterocycles. The minimum absolute atomic E-state index is 0.324. The first-order valence-electron chi connectivity index (χ1n) is 7.26. The van der Waals surface area contributed by atoms with E-state index in [1.54, 1.807) is 0 Å². The van der Waals surface area contributed by atoms with Crippen LogP contribution >= 0.6 is 0 Å². The Bertz CT molecular complexity index is 321. The van der Waals surface area contributed by atoms with E-state index >= 15 is 0 Å². The first kappa shape index (κ1) is 11.5. The van der Waals surface area contributed by atoms with Gasteiger partial charge < -0.3 is 0 Å². The highest BCUT2D eigenvalue weighted by molar-refractivity contribution is 5.03. The summed E-state index contributed by atoms with van der Waals surface area (Å²) in [4.78, 5) is 2.73. The Labute approximate surface area is 105 Å². The number of hydrogen-bond acceptors (Lipinski definition) is 2. The van der Waals surface area contributed by atoms with Crippen LogP contribution < -0.4 is 0 Å². The van der Waals surface area contributed by atoms with Gasteiger partial charge in [0.15, 0.2) is 0 Å². The second-order valence-electron chi connectivity index (χ2n) is 7.14. The van der Waals surface area contributed by atoms with Crippen molar-refractivity contribution in [3.05, 3.63) is 0 Å². The summed E-state index contributed by atoms with van der Waals surface area (Å²) in [5.74, 6) is 0. The average Bonchev–Trinajstić information content (AvgIpc) is 2.17. The molecule has 1 spiro atoms. The summed E-state index contributed by atoms with van der Waals surface area (Å²) in [6, 6.07) is 3.21. The van der Waals surface area contributed by atoms with Crippen LogP contribution in [0.4, 0.5) is 0 Å². The minimum Gasteiger partial charge on any atom is -0.299 e. The molecule has 0 aromatic rings. The lowest BCUT2D eigenvalue weighted by atomic mass is 9.62. The molecule has 3 fully saturated rings. The number of rotatable bonds is 2. The van der Waals surface area contributed by atoms with Crippen molar-refractivity contribution in [2.24, 2.45) is 10.8 Å². The van der Waals surface area contributed by atoms with Crippen molar-refractivity contribution < 1.29 is 0 Å². The molecule has 1 aliphatic heterocycles. The number of likely N-dealkylation sites (tertiary alicyclic amines) is 1. The predicted molar refractivity (Wildman–Crippen MR) is 68.5 cm³/mol. The Hall–Kier alpha value is -0.550. The highest BCUT2D eigenvalue weighted by Gasteiger charge is 2.49. The van der Waals surface area contributed by atoms with Crippen molar-refractivity contribution in [1.29, 1.82) is 5.26 Å². The Morgan fingerprint density at radius 1 is 1.18 bits per heavy atom. The SMILES string of the molecule is C[C@]1(CC#N)CC[C@H](N2CC3(CCC3)C2)CC1. The topological polar surface area (TPSA) is 27.0 Å². The zero-order valence-electron chi connectivity index (χ0n) is 11.0. The Morgan fingerprint density at radius 3 is 2.29 bits per heavy atom. The molecule has 17 heavy (non-hydrogen) atoms. The molecule has 0 bridgehead atoms. The van der Waals surface area contributed by atoms with Crippen LogP contribution in [0, 0.1) is 22.2 Å². The van der Waals surface area contributed by atoms with Crippen LogP contribution in [0.5, 0.6) is 0 Å². The molecule has 2 nitrogen and oxygen atoms in total. The minimum atomic E-state index is 0.324. The van der Waals surface area contributed by atoms with Gasteiger partial charge in [0.05, 0.1) is 6.07 Å². The van der Waals surface area contributed by atoms with E-state index in [1.165, 1.54) is 58.0 Å². The Kier molecular flexibility index (Phi) is 2.70. The van der Waals surface area contributed by atoms with E-state index < -0.39 is 0 Å². The van der Waals surface area contributed by atoms with Gasteiger partial charge in [-0.05, 0) is 49.4 Å². The van der Waals surface area contributed by atoms with Gasteiger partial charge in [-0.2, -0.15) is 5.26 Å². The van der Waals surface area contributed by atoms with Gasteiger partial charge in [0.1, 0.15) is 0 Å². The predicted octanol–water partition coefficient (Wildman–Crippen LogP) is 3.33. The van der Waals surface area contributed by atoms with Crippen molar-refractivity contribution in [1.82, 2.24) is 4.90 Å². The summed E-state index contributed by atoms with van der Waals surface area (Å²) >= 11 is 0. The molecule has 94 valence electrons. The van der Waals surface area contributed by atoms with Crippen molar-refractivity contribution in [2.75, 3.05) is 13.1 Å². The first-order chi connectivity index (χ1) is 8.15. The third-order valence-electron chi connectivity index (χ3n) is 5.68. The second kappa shape index (κ2) is 3.99. The fourth-order valence-electron chi connectivity index (χ4n) is 4.10. The molecule has 2 aliphatic carbocycles.